The fourth-order valence-electron chi connectivity index (χ4n) is 3.62. The van der Waals surface area contributed by atoms with Crippen molar-refractivity contribution in [3.63, 3.8) is 0 Å². The average Bonchev–Trinajstić information content (AvgIpc) is 3.20. The van der Waals surface area contributed by atoms with Gasteiger partial charge in [-0.2, -0.15) is 13.2 Å². The lowest BCUT2D eigenvalue weighted by Crippen LogP contribution is -2.36. The van der Waals surface area contributed by atoms with E-state index >= 15 is 0 Å². The van der Waals surface area contributed by atoms with Crippen molar-refractivity contribution in [3.05, 3.63) is 47.8 Å². The first-order valence-electron chi connectivity index (χ1n) is 11.7. The smallest absolute Gasteiger partial charge is 0.418 e. The van der Waals surface area contributed by atoms with Gasteiger partial charge >= 0.3 is 12.1 Å². The second kappa shape index (κ2) is 10.7. The summed E-state index contributed by atoms with van der Waals surface area (Å²) >= 11 is 0. The summed E-state index contributed by atoms with van der Waals surface area (Å²) < 4.78 is 115. The summed E-state index contributed by atoms with van der Waals surface area (Å²) in [6, 6.07) is 3.02. The number of hydrogen-bond donors (Lipinski definition) is 1. The normalized spacial score (nSPS) is 15.7. The molecule has 7 nitrogen and oxygen atoms in total. The molecule has 0 fully saturated rings. The van der Waals surface area contributed by atoms with Crippen molar-refractivity contribution < 1.29 is 44.9 Å². The third-order valence-electron chi connectivity index (χ3n) is 5.59. The number of ether oxygens (including phenoxy) is 3. The number of amidine groups is 1. The number of halogens is 7. The van der Waals surface area contributed by atoms with Crippen LogP contribution in [0.2, 0.25) is 25.7 Å². The van der Waals surface area contributed by atoms with Crippen LogP contribution in [-0.4, -0.2) is 49.3 Å². The first-order valence-corrected chi connectivity index (χ1v) is 15.5. The Bertz CT molecular complexity index is 1360. The Morgan fingerprint density at radius 2 is 1.85 bits per heavy atom. The zero-order chi connectivity index (χ0) is 28.6. The molecule has 0 saturated heterocycles. The Labute approximate surface area is 219 Å². The predicted molar refractivity (Wildman–Crippen MR) is 132 cm³/mol. The van der Waals surface area contributed by atoms with E-state index in [1.165, 1.54) is 0 Å². The molecule has 1 aliphatic heterocycles. The average molecular weight is 579 g/mol. The number of pyridine rings is 1. The van der Waals surface area contributed by atoms with Crippen LogP contribution in [0.4, 0.5) is 36.4 Å². The van der Waals surface area contributed by atoms with E-state index in [-0.39, 0.29) is 24.1 Å². The molecule has 0 saturated carbocycles. The van der Waals surface area contributed by atoms with E-state index < -0.39 is 67.4 Å². The first-order chi connectivity index (χ1) is 18.1. The van der Waals surface area contributed by atoms with Gasteiger partial charge in [0.2, 0.25) is 0 Å². The van der Waals surface area contributed by atoms with E-state index in [0.717, 1.165) is 41.2 Å². The molecular weight excluding hydrogens is 553 g/mol. The fraction of sp³-hybridized carbons (Fsp3) is 0.417. The lowest BCUT2D eigenvalue weighted by molar-refractivity contribution is -0.136. The first kappa shape index (κ1) is 28.7. The number of anilines is 1. The molecule has 1 aliphatic rings. The van der Waals surface area contributed by atoms with Crippen LogP contribution in [0.15, 0.2) is 35.6 Å². The van der Waals surface area contributed by atoms with Gasteiger partial charge in [-0.1, -0.05) is 19.6 Å². The zero-order valence-electron chi connectivity index (χ0n) is 21.1. The van der Waals surface area contributed by atoms with Crippen LogP contribution < -0.4 is 10.1 Å². The van der Waals surface area contributed by atoms with Gasteiger partial charge in [0.15, 0.2) is 24.0 Å². The molecule has 0 bridgehead atoms. The molecule has 0 unspecified atom stereocenters. The Morgan fingerprint density at radius 3 is 2.44 bits per heavy atom. The van der Waals surface area contributed by atoms with Gasteiger partial charge in [-0.25, -0.2) is 27.5 Å². The van der Waals surface area contributed by atoms with Crippen LogP contribution in [0, 0.1) is 11.6 Å². The lowest BCUT2D eigenvalue weighted by Gasteiger charge is -2.22. The minimum atomic E-state index is -4.83. The van der Waals surface area contributed by atoms with Crippen molar-refractivity contribution in [2.45, 2.75) is 44.5 Å². The summed E-state index contributed by atoms with van der Waals surface area (Å²) in [6.45, 7) is 4.70. The molecule has 0 amide bonds. The highest BCUT2D eigenvalue weighted by Gasteiger charge is 2.37. The highest BCUT2D eigenvalue weighted by Crippen LogP contribution is 2.42. The van der Waals surface area contributed by atoms with E-state index in [1.54, 1.807) is 0 Å². The molecule has 0 aliphatic carbocycles. The molecular formula is C24H25F7N4O3Si. The maximum Gasteiger partial charge on any atom is 0.418 e. The summed E-state index contributed by atoms with van der Waals surface area (Å²) in [7, 11) is -1.43. The summed E-state index contributed by atoms with van der Waals surface area (Å²) in [5.41, 5.74) is -1.49. The van der Waals surface area contributed by atoms with Crippen LogP contribution in [0.3, 0.4) is 0 Å². The minimum absolute atomic E-state index is 0.142. The van der Waals surface area contributed by atoms with Crippen molar-refractivity contribution in [2.24, 2.45) is 4.99 Å². The van der Waals surface area contributed by atoms with E-state index in [0.29, 0.717) is 6.61 Å². The van der Waals surface area contributed by atoms with Crippen LogP contribution in [0.25, 0.3) is 11.0 Å². The summed E-state index contributed by atoms with van der Waals surface area (Å²) in [4.78, 5) is 7.48. The maximum absolute atomic E-state index is 14.9. The molecule has 1 aromatic carbocycles. The van der Waals surface area contributed by atoms with Crippen molar-refractivity contribution in [1.29, 1.82) is 0 Å². The molecule has 0 spiro atoms. The van der Waals surface area contributed by atoms with Crippen LogP contribution in [-0.2, 0) is 22.4 Å². The summed E-state index contributed by atoms with van der Waals surface area (Å²) in [5.74, 6) is -7.16. The number of aliphatic imine (C=N–C) groups is 1. The molecule has 0 radical (unpaired) electrons. The monoisotopic (exact) mass is 578 g/mol. The second-order valence-corrected chi connectivity index (χ2v) is 15.7. The number of alkyl halides is 5. The van der Waals surface area contributed by atoms with E-state index in [2.05, 4.69) is 34.9 Å². The number of fused-ring (bicyclic) bond motifs is 1. The summed E-state index contributed by atoms with van der Waals surface area (Å²) in [6.07, 6.45) is -2.87. The molecule has 0 atom stereocenters. The van der Waals surface area contributed by atoms with Gasteiger partial charge < -0.3 is 24.1 Å². The van der Waals surface area contributed by atoms with Crippen LogP contribution >= 0.6 is 0 Å². The van der Waals surface area contributed by atoms with Gasteiger partial charge in [0.05, 0.1) is 10.9 Å². The van der Waals surface area contributed by atoms with Crippen molar-refractivity contribution in [1.82, 2.24) is 9.55 Å². The predicted octanol–water partition coefficient (Wildman–Crippen LogP) is 6.87. The van der Waals surface area contributed by atoms with E-state index in [1.807, 2.05) is 0 Å². The SMILES string of the molecule is C[Si](C)(C)CCOCn1cc(C(F)(F)F)c2c(Oc3c(F)cc(NC4=NCC(F)(F)CO4)cc3F)ccnc21. The van der Waals surface area contributed by atoms with E-state index in [9.17, 15) is 30.7 Å². The standard InChI is InChI=1S/C24H25F7N4O3Si/c1-39(2,3)7-6-36-13-35-10-15(24(29,30)31)19-18(4-5-32-21(19)35)38-20-16(25)8-14(9-17(20)26)34-22-33-11-23(27,28)12-37-22/h4-5,8-10H,6-7,11-13H2,1-3H3,(H,33,34). The zero-order valence-corrected chi connectivity index (χ0v) is 22.1. The number of nitrogens with one attached hydrogen (secondary N) is 1. The Balaban J connectivity index is 1.61. The number of nitrogens with zero attached hydrogens (tertiary/aromatic N) is 3. The number of benzene rings is 1. The van der Waals surface area contributed by atoms with Crippen LogP contribution in [0.5, 0.6) is 11.5 Å². The van der Waals surface area contributed by atoms with Crippen molar-refractivity contribution in [2.75, 3.05) is 25.1 Å². The molecule has 15 heteroatoms. The Hall–Kier alpha value is -3.33. The highest BCUT2D eigenvalue weighted by atomic mass is 28.3. The molecule has 212 valence electrons. The quantitative estimate of drug-likeness (QED) is 0.180. The third kappa shape index (κ3) is 7.01. The highest BCUT2D eigenvalue weighted by molar-refractivity contribution is 6.76. The van der Waals surface area contributed by atoms with Gasteiger partial charge in [0.25, 0.3) is 6.02 Å². The molecule has 3 heterocycles. The maximum atomic E-state index is 14.9. The van der Waals surface area contributed by atoms with Gasteiger partial charge in [-0.05, 0) is 12.1 Å². The van der Waals surface area contributed by atoms with Gasteiger partial charge in [-0.15, -0.1) is 0 Å². The Kier molecular flexibility index (Phi) is 7.85. The largest absolute Gasteiger partial charge is 0.459 e. The van der Waals surface area contributed by atoms with Gasteiger partial charge in [0, 0.05) is 44.9 Å². The van der Waals surface area contributed by atoms with Crippen LogP contribution in [0.1, 0.15) is 5.56 Å². The molecule has 2 aromatic heterocycles. The molecule has 4 rings (SSSR count). The lowest BCUT2D eigenvalue weighted by atomic mass is 10.2. The number of aromatic nitrogens is 2. The second-order valence-electron chi connectivity index (χ2n) is 10.1. The minimum Gasteiger partial charge on any atom is -0.459 e. The molecule has 1 N–H and O–H groups in total. The van der Waals surface area contributed by atoms with E-state index in [4.69, 9.17) is 14.2 Å². The summed E-state index contributed by atoms with van der Waals surface area (Å²) in [5, 5.41) is 1.88. The fourth-order valence-corrected chi connectivity index (χ4v) is 4.37. The molecule has 39 heavy (non-hydrogen) atoms. The molecule has 3 aromatic rings. The van der Waals surface area contributed by atoms with Crippen molar-refractivity contribution >= 4 is 30.8 Å². The van der Waals surface area contributed by atoms with Crippen molar-refractivity contribution in [3.8, 4) is 11.5 Å². The van der Waals surface area contributed by atoms with Gasteiger partial charge in [0.1, 0.15) is 24.7 Å². The van der Waals surface area contributed by atoms with Gasteiger partial charge in [-0.3, -0.25) is 0 Å². The topological polar surface area (TPSA) is 69.9 Å². The number of rotatable bonds is 8. The third-order valence-corrected chi connectivity index (χ3v) is 7.29. The number of hydrogen-bond acceptors (Lipinski definition) is 6. The Morgan fingerprint density at radius 1 is 1.15 bits per heavy atom.